The van der Waals surface area contributed by atoms with Crippen LogP contribution in [0.1, 0.15) is 13.2 Å². The highest BCUT2D eigenvalue weighted by atomic mass is 16.6. The molecule has 0 radical (unpaired) electrons. The second-order valence-corrected chi connectivity index (χ2v) is 5.04. The lowest BCUT2D eigenvalue weighted by Crippen LogP contribution is -2.46. The number of aromatic nitrogens is 2. The molecule has 0 unspecified atom stereocenters. The van der Waals surface area contributed by atoms with Gasteiger partial charge in [-0.1, -0.05) is 0 Å². The average molecular weight is 315 g/mol. The Bertz CT molecular complexity index is 655. The largest absolute Gasteiger partial charge is 0.394 e. The van der Waals surface area contributed by atoms with Crippen LogP contribution >= 0.6 is 0 Å². The Balaban J connectivity index is 2.21. The van der Waals surface area contributed by atoms with Gasteiger partial charge in [-0.3, -0.25) is 19.1 Å². The Morgan fingerprint density at radius 1 is 1.45 bits per heavy atom. The maximum atomic E-state index is 11.9. The van der Waals surface area contributed by atoms with Gasteiger partial charge in [0.2, 0.25) is 0 Å². The van der Waals surface area contributed by atoms with Gasteiger partial charge in [0.05, 0.1) is 6.61 Å². The molecule has 5 atom stereocenters. The van der Waals surface area contributed by atoms with Gasteiger partial charge in [0, 0.05) is 18.3 Å². The van der Waals surface area contributed by atoms with Gasteiger partial charge in [0.15, 0.2) is 12.3 Å². The first kappa shape index (κ1) is 16.4. The van der Waals surface area contributed by atoms with Crippen molar-refractivity contribution in [1.82, 2.24) is 14.9 Å². The van der Waals surface area contributed by atoms with E-state index < -0.39 is 47.7 Å². The minimum atomic E-state index is -1.56. The van der Waals surface area contributed by atoms with E-state index >= 15 is 0 Å². The third-order valence-electron chi connectivity index (χ3n) is 3.28. The minimum absolute atomic E-state index is 0.306. The van der Waals surface area contributed by atoms with Crippen molar-refractivity contribution < 1.29 is 24.9 Å². The summed E-state index contributed by atoms with van der Waals surface area (Å²) in [5.74, 6) is -0.729. The lowest BCUT2D eigenvalue weighted by atomic mass is 10.1. The number of H-pyrrole nitrogens is 1. The van der Waals surface area contributed by atoms with Gasteiger partial charge in [0.25, 0.3) is 11.5 Å². The molecular weight excluding hydrogens is 298 g/mol. The number of hydrogen-bond donors (Lipinski definition) is 5. The van der Waals surface area contributed by atoms with Crippen LogP contribution in [0.25, 0.3) is 0 Å². The summed E-state index contributed by atoms with van der Waals surface area (Å²) in [7, 11) is 0. The highest BCUT2D eigenvalue weighted by molar-refractivity contribution is 5.82. The number of amides is 1. The maximum absolute atomic E-state index is 11.9. The number of aliphatic hydroxyl groups is 3. The average Bonchev–Trinajstić information content (AvgIpc) is 2.75. The molecule has 22 heavy (non-hydrogen) atoms. The Kier molecular flexibility index (Phi) is 4.76. The lowest BCUT2D eigenvalue weighted by Gasteiger charge is -2.17. The van der Waals surface area contributed by atoms with Crippen LogP contribution in [0.4, 0.5) is 0 Å². The smallest absolute Gasteiger partial charge is 0.330 e. The fourth-order valence-corrected chi connectivity index (χ4v) is 2.10. The van der Waals surface area contributed by atoms with Crippen molar-refractivity contribution in [2.75, 3.05) is 6.61 Å². The number of aliphatic hydroxyl groups excluding tert-OH is 3. The van der Waals surface area contributed by atoms with Crippen LogP contribution in [0.2, 0.25) is 0 Å². The van der Waals surface area contributed by atoms with E-state index in [1.54, 1.807) is 6.92 Å². The second-order valence-electron chi connectivity index (χ2n) is 5.04. The summed E-state index contributed by atoms with van der Waals surface area (Å²) >= 11 is 0. The molecule has 1 saturated heterocycles. The molecule has 1 aliphatic rings. The number of nitrogens with zero attached hydrogens (tertiary/aromatic N) is 1. The van der Waals surface area contributed by atoms with Crippen molar-refractivity contribution in [3.05, 3.63) is 33.1 Å². The van der Waals surface area contributed by atoms with Gasteiger partial charge < -0.3 is 25.4 Å². The number of aromatic amines is 1. The molecule has 0 saturated carbocycles. The number of rotatable bonds is 4. The van der Waals surface area contributed by atoms with Crippen LogP contribution in [-0.4, -0.2) is 61.7 Å². The number of carbonyl (C=O) groups is 1. The molecule has 10 nitrogen and oxygen atoms in total. The SMILES string of the molecule is C[C@@H](CO)NC(=O)[C@H]1O[C@@H](n2ccc(=O)[nH]c2=O)[C@H](O)[C@@H]1O. The highest BCUT2D eigenvalue weighted by Crippen LogP contribution is 2.28. The van der Waals surface area contributed by atoms with E-state index in [9.17, 15) is 24.6 Å². The molecule has 0 aromatic carbocycles. The van der Waals surface area contributed by atoms with Crippen LogP contribution in [0.15, 0.2) is 21.9 Å². The fourth-order valence-electron chi connectivity index (χ4n) is 2.10. The zero-order valence-electron chi connectivity index (χ0n) is 11.7. The molecule has 2 rings (SSSR count). The molecule has 10 heteroatoms. The first-order chi connectivity index (χ1) is 10.3. The van der Waals surface area contributed by atoms with E-state index in [1.165, 1.54) is 0 Å². The van der Waals surface area contributed by atoms with E-state index in [0.717, 1.165) is 16.8 Å². The third-order valence-corrected chi connectivity index (χ3v) is 3.28. The molecule has 0 bridgehead atoms. The molecule has 5 N–H and O–H groups in total. The monoisotopic (exact) mass is 315 g/mol. The predicted molar refractivity (Wildman–Crippen MR) is 71.9 cm³/mol. The Hall–Kier alpha value is -2.01. The summed E-state index contributed by atoms with van der Waals surface area (Å²) in [6.45, 7) is 1.24. The molecule has 0 spiro atoms. The molecule has 1 amide bonds. The normalized spacial score (nSPS) is 29.3. The number of nitrogens with one attached hydrogen (secondary N) is 2. The zero-order valence-corrected chi connectivity index (χ0v) is 11.7. The van der Waals surface area contributed by atoms with Gasteiger partial charge in [-0.25, -0.2) is 4.79 Å². The van der Waals surface area contributed by atoms with Gasteiger partial charge in [-0.15, -0.1) is 0 Å². The van der Waals surface area contributed by atoms with Gasteiger partial charge in [-0.2, -0.15) is 0 Å². The lowest BCUT2D eigenvalue weighted by molar-refractivity contribution is -0.138. The zero-order chi connectivity index (χ0) is 16.4. The van der Waals surface area contributed by atoms with E-state index in [1.807, 2.05) is 4.98 Å². The van der Waals surface area contributed by atoms with E-state index in [4.69, 9.17) is 9.84 Å². The summed E-state index contributed by atoms with van der Waals surface area (Å²) in [5, 5.41) is 31.1. The second kappa shape index (κ2) is 6.40. The first-order valence-electron chi connectivity index (χ1n) is 6.59. The van der Waals surface area contributed by atoms with Crippen molar-refractivity contribution >= 4 is 5.91 Å². The summed E-state index contributed by atoms with van der Waals surface area (Å²) in [5.41, 5.74) is -1.46. The Labute approximate surface area is 124 Å². The van der Waals surface area contributed by atoms with Crippen molar-refractivity contribution in [3.8, 4) is 0 Å². The van der Waals surface area contributed by atoms with Gasteiger partial charge >= 0.3 is 5.69 Å². The van der Waals surface area contributed by atoms with Crippen LogP contribution < -0.4 is 16.6 Å². The van der Waals surface area contributed by atoms with Crippen LogP contribution in [0.3, 0.4) is 0 Å². The molecule has 1 aromatic rings. The quantitative estimate of drug-likeness (QED) is 0.389. The maximum Gasteiger partial charge on any atom is 0.330 e. The third kappa shape index (κ3) is 3.09. The first-order valence-corrected chi connectivity index (χ1v) is 6.59. The van der Waals surface area contributed by atoms with E-state index in [-0.39, 0.29) is 6.61 Å². The van der Waals surface area contributed by atoms with Crippen LogP contribution in [-0.2, 0) is 9.53 Å². The number of ether oxygens (including phenoxy) is 1. The Morgan fingerprint density at radius 3 is 2.73 bits per heavy atom. The Morgan fingerprint density at radius 2 is 2.14 bits per heavy atom. The van der Waals surface area contributed by atoms with Crippen molar-refractivity contribution in [3.63, 3.8) is 0 Å². The summed E-state index contributed by atoms with van der Waals surface area (Å²) in [4.78, 5) is 36.6. The summed E-state index contributed by atoms with van der Waals surface area (Å²) in [6.07, 6.45) is -4.73. The van der Waals surface area contributed by atoms with E-state index in [2.05, 4.69) is 5.32 Å². The van der Waals surface area contributed by atoms with Crippen LogP contribution in [0, 0.1) is 0 Å². The molecule has 1 aromatic heterocycles. The topological polar surface area (TPSA) is 154 Å². The van der Waals surface area contributed by atoms with Crippen LogP contribution in [0.5, 0.6) is 0 Å². The number of hydrogen-bond acceptors (Lipinski definition) is 7. The minimum Gasteiger partial charge on any atom is -0.394 e. The van der Waals surface area contributed by atoms with Gasteiger partial charge in [-0.05, 0) is 6.92 Å². The molecule has 122 valence electrons. The van der Waals surface area contributed by atoms with Gasteiger partial charge in [0.1, 0.15) is 12.2 Å². The fraction of sp³-hybridized carbons (Fsp3) is 0.583. The van der Waals surface area contributed by atoms with Crippen molar-refractivity contribution in [1.29, 1.82) is 0 Å². The number of carbonyl (C=O) groups excluding carboxylic acids is 1. The molecule has 1 aliphatic heterocycles. The summed E-state index contributed by atoms with van der Waals surface area (Å²) in [6, 6.07) is 0.487. The molecule has 1 fully saturated rings. The molecule has 0 aliphatic carbocycles. The molecular formula is C12H17N3O7. The predicted octanol–water partition coefficient (Wildman–Crippen LogP) is -3.35. The molecule has 2 heterocycles. The highest BCUT2D eigenvalue weighted by Gasteiger charge is 2.47. The van der Waals surface area contributed by atoms with Crippen molar-refractivity contribution in [2.24, 2.45) is 0 Å². The standard InChI is InChI=1S/C12H17N3O7/c1-5(4-16)13-10(20)9-7(18)8(19)11(22-9)15-3-2-6(17)14-12(15)21/h2-3,5,7-9,11,16,18-19H,4H2,1H3,(H,13,20)(H,14,17,21)/t5-,7-,8+,9-,11+/m0/s1. The van der Waals surface area contributed by atoms with E-state index in [0.29, 0.717) is 0 Å². The summed E-state index contributed by atoms with van der Waals surface area (Å²) < 4.78 is 6.12. The van der Waals surface area contributed by atoms with Crippen molar-refractivity contribution in [2.45, 2.75) is 37.5 Å².